The highest BCUT2D eigenvalue weighted by atomic mass is 32.2. The quantitative estimate of drug-likeness (QED) is 0.359. The summed E-state index contributed by atoms with van der Waals surface area (Å²) < 4.78 is 15.2. The van der Waals surface area contributed by atoms with Crippen LogP contribution in [-0.2, 0) is 11.8 Å². The van der Waals surface area contributed by atoms with E-state index >= 15 is 0 Å². The molecular formula is C21H20FN5OS2. The Morgan fingerprint density at radius 3 is 2.70 bits per heavy atom. The molecule has 9 heteroatoms. The molecule has 1 atom stereocenters. The van der Waals surface area contributed by atoms with Gasteiger partial charge in [0.1, 0.15) is 33.9 Å². The second-order valence-corrected chi connectivity index (χ2v) is 9.05. The van der Waals surface area contributed by atoms with E-state index in [1.54, 1.807) is 29.7 Å². The van der Waals surface area contributed by atoms with Crippen molar-refractivity contribution in [2.75, 3.05) is 5.75 Å². The van der Waals surface area contributed by atoms with E-state index in [0.29, 0.717) is 5.82 Å². The number of imidazole rings is 1. The fourth-order valence-corrected chi connectivity index (χ4v) is 5.13. The number of halogens is 1. The molecule has 1 unspecified atom stereocenters. The van der Waals surface area contributed by atoms with Gasteiger partial charge in [0.05, 0.1) is 5.75 Å². The van der Waals surface area contributed by atoms with Crippen molar-refractivity contribution < 1.29 is 9.18 Å². The van der Waals surface area contributed by atoms with Gasteiger partial charge in [-0.1, -0.05) is 23.9 Å². The Labute approximate surface area is 181 Å². The van der Waals surface area contributed by atoms with Gasteiger partial charge in [0.25, 0.3) is 0 Å². The van der Waals surface area contributed by atoms with Crippen LogP contribution in [0.25, 0.3) is 10.2 Å². The van der Waals surface area contributed by atoms with Crippen molar-refractivity contribution in [3.8, 4) is 0 Å². The number of carbonyl (C=O) groups excluding carboxylic acids is 1. The molecule has 3 heterocycles. The zero-order valence-electron chi connectivity index (χ0n) is 16.7. The van der Waals surface area contributed by atoms with Gasteiger partial charge in [-0.2, -0.15) is 0 Å². The lowest BCUT2D eigenvalue weighted by Crippen LogP contribution is -2.32. The lowest BCUT2D eigenvalue weighted by Gasteiger charge is -2.19. The van der Waals surface area contributed by atoms with Crippen molar-refractivity contribution in [3.05, 3.63) is 70.6 Å². The molecule has 1 N–H and O–H groups in total. The van der Waals surface area contributed by atoms with Crippen LogP contribution < -0.4 is 5.32 Å². The third-order valence-corrected chi connectivity index (χ3v) is 7.00. The number of fused-ring (bicyclic) bond motifs is 1. The molecule has 0 fully saturated rings. The van der Waals surface area contributed by atoms with E-state index in [1.165, 1.54) is 35.1 Å². The van der Waals surface area contributed by atoms with Gasteiger partial charge >= 0.3 is 0 Å². The Balaban J connectivity index is 1.54. The molecule has 1 aromatic carbocycles. The van der Waals surface area contributed by atoms with Gasteiger partial charge in [-0.3, -0.25) is 4.79 Å². The summed E-state index contributed by atoms with van der Waals surface area (Å²) in [7, 11) is 1.86. The Bertz CT molecular complexity index is 1200. The molecule has 6 nitrogen and oxygen atoms in total. The van der Waals surface area contributed by atoms with E-state index in [2.05, 4.69) is 27.2 Å². The minimum atomic E-state index is -0.478. The first-order chi connectivity index (χ1) is 14.4. The van der Waals surface area contributed by atoms with Crippen LogP contribution in [0.4, 0.5) is 4.39 Å². The second kappa shape index (κ2) is 8.53. The molecule has 0 aliphatic carbocycles. The minimum absolute atomic E-state index is 0.159. The normalized spacial score (nSPS) is 12.3. The first-order valence-electron chi connectivity index (χ1n) is 9.29. The van der Waals surface area contributed by atoms with E-state index in [4.69, 9.17) is 0 Å². The van der Waals surface area contributed by atoms with Crippen LogP contribution in [0.1, 0.15) is 27.9 Å². The van der Waals surface area contributed by atoms with Crippen LogP contribution in [-0.4, -0.2) is 31.2 Å². The lowest BCUT2D eigenvalue weighted by molar-refractivity contribution is -0.119. The third kappa shape index (κ3) is 4.08. The number of rotatable bonds is 6. The number of hydrogen-bond donors (Lipinski definition) is 1. The molecule has 0 saturated heterocycles. The van der Waals surface area contributed by atoms with Gasteiger partial charge in [-0.05, 0) is 37.1 Å². The van der Waals surface area contributed by atoms with E-state index in [9.17, 15) is 9.18 Å². The summed E-state index contributed by atoms with van der Waals surface area (Å²) in [6, 6.07) is 5.60. The zero-order chi connectivity index (χ0) is 21.3. The standard InChI is InChI=1S/C21H20FN5OS2/c1-12-13(2)30-21-17(12)20(24-11-25-21)29-10-16(28)26-18(19-23-8-9-27(19)3)14-4-6-15(22)7-5-14/h4-9,11,18H,10H2,1-3H3,(H,26,28). The van der Waals surface area contributed by atoms with Crippen LogP contribution >= 0.6 is 23.1 Å². The summed E-state index contributed by atoms with van der Waals surface area (Å²) in [5, 5.41) is 4.84. The lowest BCUT2D eigenvalue weighted by atomic mass is 10.1. The van der Waals surface area contributed by atoms with Crippen LogP contribution in [0.3, 0.4) is 0 Å². The van der Waals surface area contributed by atoms with Crippen molar-refractivity contribution in [3.63, 3.8) is 0 Å². The van der Waals surface area contributed by atoms with Gasteiger partial charge < -0.3 is 9.88 Å². The third-order valence-electron chi connectivity index (χ3n) is 4.90. The number of thiophene rings is 1. The van der Waals surface area contributed by atoms with E-state index < -0.39 is 6.04 Å². The van der Waals surface area contributed by atoms with Gasteiger partial charge in [0, 0.05) is 29.7 Å². The number of hydrogen-bond acceptors (Lipinski definition) is 6. The second-order valence-electron chi connectivity index (χ2n) is 6.88. The summed E-state index contributed by atoms with van der Waals surface area (Å²) in [5.74, 6) is 0.388. The largest absolute Gasteiger partial charge is 0.341 e. The van der Waals surface area contributed by atoms with E-state index in [0.717, 1.165) is 26.4 Å². The van der Waals surface area contributed by atoms with Gasteiger partial charge in [0.15, 0.2) is 0 Å². The van der Waals surface area contributed by atoms with Crippen LogP contribution in [0.15, 0.2) is 48.0 Å². The highest BCUT2D eigenvalue weighted by molar-refractivity contribution is 8.00. The fourth-order valence-electron chi connectivity index (χ4n) is 3.20. The predicted molar refractivity (Wildman–Crippen MR) is 117 cm³/mol. The molecule has 0 radical (unpaired) electrons. The highest BCUT2D eigenvalue weighted by Crippen LogP contribution is 2.34. The zero-order valence-corrected chi connectivity index (χ0v) is 18.4. The van der Waals surface area contributed by atoms with Crippen LogP contribution in [0.5, 0.6) is 0 Å². The molecule has 4 aromatic rings. The van der Waals surface area contributed by atoms with Crippen molar-refractivity contribution >= 4 is 39.2 Å². The number of thioether (sulfide) groups is 1. The molecule has 0 aliphatic heterocycles. The van der Waals surface area contributed by atoms with Crippen molar-refractivity contribution in [1.82, 2.24) is 24.8 Å². The van der Waals surface area contributed by atoms with Crippen molar-refractivity contribution in [2.24, 2.45) is 7.05 Å². The van der Waals surface area contributed by atoms with Crippen LogP contribution in [0, 0.1) is 19.7 Å². The Hall–Kier alpha value is -2.78. The molecule has 0 saturated carbocycles. The average Bonchev–Trinajstić information content (AvgIpc) is 3.28. The first-order valence-corrected chi connectivity index (χ1v) is 11.1. The van der Waals surface area contributed by atoms with Gasteiger partial charge in [-0.15, -0.1) is 11.3 Å². The number of amides is 1. The monoisotopic (exact) mass is 441 g/mol. The fraction of sp³-hybridized carbons (Fsp3) is 0.238. The highest BCUT2D eigenvalue weighted by Gasteiger charge is 2.21. The van der Waals surface area contributed by atoms with Gasteiger partial charge in [-0.25, -0.2) is 19.3 Å². The number of nitrogens with one attached hydrogen (secondary N) is 1. The predicted octanol–water partition coefficient (Wildman–Crippen LogP) is 4.18. The van der Waals surface area contributed by atoms with Crippen molar-refractivity contribution in [2.45, 2.75) is 24.9 Å². The molecule has 0 aliphatic rings. The van der Waals surface area contributed by atoms with E-state index in [1.807, 2.05) is 24.7 Å². The number of aromatic nitrogens is 4. The summed E-state index contributed by atoms with van der Waals surface area (Å²) in [6.07, 6.45) is 5.02. The van der Waals surface area contributed by atoms with Crippen molar-refractivity contribution in [1.29, 1.82) is 0 Å². The maximum Gasteiger partial charge on any atom is 0.231 e. The number of aryl methyl sites for hydroxylation is 3. The molecule has 0 bridgehead atoms. The maximum atomic E-state index is 13.4. The molecule has 3 aromatic heterocycles. The summed E-state index contributed by atoms with van der Waals surface area (Å²) >= 11 is 3.01. The topological polar surface area (TPSA) is 72.7 Å². The first kappa shape index (κ1) is 20.5. The summed E-state index contributed by atoms with van der Waals surface area (Å²) in [4.78, 5) is 28.0. The number of benzene rings is 1. The van der Waals surface area contributed by atoms with Gasteiger partial charge in [0.2, 0.25) is 5.91 Å². The minimum Gasteiger partial charge on any atom is -0.341 e. The smallest absolute Gasteiger partial charge is 0.231 e. The van der Waals surface area contributed by atoms with E-state index in [-0.39, 0.29) is 17.5 Å². The molecule has 0 spiro atoms. The number of carbonyl (C=O) groups is 1. The Kier molecular flexibility index (Phi) is 5.83. The molecule has 30 heavy (non-hydrogen) atoms. The number of nitrogens with zero attached hydrogens (tertiary/aromatic N) is 4. The maximum absolute atomic E-state index is 13.4. The molecular weight excluding hydrogens is 421 g/mol. The Morgan fingerprint density at radius 1 is 1.23 bits per heavy atom. The molecule has 154 valence electrons. The summed E-state index contributed by atoms with van der Waals surface area (Å²) in [5.41, 5.74) is 1.91. The average molecular weight is 442 g/mol. The molecule has 1 amide bonds. The SMILES string of the molecule is Cc1sc2ncnc(SCC(=O)NC(c3ccc(F)cc3)c3nccn3C)c2c1C. The van der Waals surface area contributed by atoms with Crippen LogP contribution in [0.2, 0.25) is 0 Å². The molecule has 4 rings (SSSR count). The Morgan fingerprint density at radius 2 is 2.00 bits per heavy atom. The summed E-state index contributed by atoms with van der Waals surface area (Å²) in [6.45, 7) is 4.11.